The third kappa shape index (κ3) is 1.66. The van der Waals surface area contributed by atoms with Crippen LogP contribution < -0.4 is 0 Å². The summed E-state index contributed by atoms with van der Waals surface area (Å²) in [6.07, 6.45) is 2.37. The zero-order valence-electron chi connectivity index (χ0n) is 13.5. The van der Waals surface area contributed by atoms with Crippen LogP contribution in [0.1, 0.15) is 33.9 Å². The maximum atomic E-state index is 5.22. The zero-order chi connectivity index (χ0) is 16.4. The summed E-state index contributed by atoms with van der Waals surface area (Å²) in [5, 5.41) is 0. The van der Waals surface area contributed by atoms with Crippen molar-refractivity contribution in [2.75, 3.05) is 0 Å². The molecular weight excluding hydrogens is 369 g/mol. The van der Waals surface area contributed by atoms with Crippen LogP contribution in [0.5, 0.6) is 0 Å². The summed E-state index contributed by atoms with van der Waals surface area (Å²) < 4.78 is 1.42. The molecule has 0 amide bonds. The normalized spacial score (nSPS) is 24.9. The quantitative estimate of drug-likeness (QED) is 0.546. The first-order valence-electron chi connectivity index (χ1n) is 8.61. The Morgan fingerprint density at radius 1 is 0.720 bits per heavy atom. The average Bonchev–Trinajstić information content (AvgIpc) is 3.10. The molecule has 2 heteroatoms. The second-order valence-corrected chi connectivity index (χ2v) is 9.39. The van der Waals surface area contributed by atoms with Crippen LogP contribution >= 0.6 is 0 Å². The van der Waals surface area contributed by atoms with Crippen LogP contribution in [0.4, 0.5) is 0 Å². The van der Waals surface area contributed by atoms with Crippen molar-refractivity contribution in [3.8, 4) is 0 Å². The van der Waals surface area contributed by atoms with E-state index in [1.807, 2.05) is 0 Å². The Balaban J connectivity index is 1.64. The number of benzene rings is 3. The van der Waals surface area contributed by atoms with Crippen LogP contribution in [0.2, 0.25) is 0 Å². The van der Waals surface area contributed by atoms with Gasteiger partial charge in [-0.3, -0.25) is 0 Å². The van der Waals surface area contributed by atoms with Gasteiger partial charge in [-0.2, -0.15) is 0 Å². The Kier molecular flexibility index (Phi) is 2.67. The molecule has 3 aliphatic heterocycles. The molecule has 25 heavy (non-hydrogen) atoms. The van der Waals surface area contributed by atoms with E-state index in [0.29, 0.717) is 0 Å². The standard InChI is InChI=1S/C23H15NSe/c1-2-8-15(9-3-1)20-14-21-23(25-20)18-12-6-4-10-16(18)22(24-21)17-11-5-7-13-19(17)23/h1-14,22H. The van der Waals surface area contributed by atoms with Gasteiger partial charge in [0, 0.05) is 0 Å². The SMILES string of the molecule is C1=C(c2ccccc2)[Se]C23C1=NC(c1ccccc12)c1ccccc13. The first-order valence-corrected chi connectivity index (χ1v) is 10.3. The minimum absolute atomic E-state index is 0.0416. The molecule has 1 nitrogen and oxygen atoms in total. The summed E-state index contributed by atoms with van der Waals surface area (Å²) >= 11 is 0.283. The second kappa shape index (κ2) is 4.82. The van der Waals surface area contributed by atoms with E-state index < -0.39 is 0 Å². The molecule has 0 fully saturated rings. The molecule has 1 spiro atoms. The number of hydrogen-bond acceptors (Lipinski definition) is 1. The Labute approximate surface area is 153 Å². The number of rotatable bonds is 1. The van der Waals surface area contributed by atoms with Gasteiger partial charge >= 0.3 is 153 Å². The van der Waals surface area contributed by atoms with Gasteiger partial charge < -0.3 is 0 Å². The first kappa shape index (κ1) is 13.8. The summed E-state index contributed by atoms with van der Waals surface area (Å²) in [5.41, 5.74) is 8.36. The van der Waals surface area contributed by atoms with Gasteiger partial charge in [0.05, 0.1) is 0 Å². The first-order chi connectivity index (χ1) is 12.4. The van der Waals surface area contributed by atoms with E-state index in [4.69, 9.17) is 4.99 Å². The van der Waals surface area contributed by atoms with E-state index in [-0.39, 0.29) is 25.3 Å². The van der Waals surface area contributed by atoms with Crippen LogP contribution in [-0.4, -0.2) is 20.7 Å². The van der Waals surface area contributed by atoms with Gasteiger partial charge in [0.25, 0.3) is 0 Å². The van der Waals surface area contributed by atoms with Crippen molar-refractivity contribution < 1.29 is 0 Å². The predicted molar refractivity (Wildman–Crippen MR) is 103 cm³/mol. The topological polar surface area (TPSA) is 12.4 Å². The molecule has 3 aromatic rings. The third-order valence-corrected chi connectivity index (χ3v) is 8.69. The summed E-state index contributed by atoms with van der Waals surface area (Å²) in [5.74, 6) is 0. The number of allylic oxidation sites excluding steroid dienone is 1. The van der Waals surface area contributed by atoms with Gasteiger partial charge in [-0.25, -0.2) is 0 Å². The molecule has 0 saturated heterocycles. The van der Waals surface area contributed by atoms with Crippen LogP contribution in [-0.2, 0) is 4.31 Å². The van der Waals surface area contributed by atoms with E-state index in [0.717, 1.165) is 0 Å². The molecule has 7 rings (SSSR count). The van der Waals surface area contributed by atoms with Gasteiger partial charge in [-0.1, -0.05) is 0 Å². The summed E-state index contributed by atoms with van der Waals surface area (Å²) in [4.78, 5) is 5.22. The molecule has 2 bridgehead atoms. The monoisotopic (exact) mass is 385 g/mol. The van der Waals surface area contributed by atoms with Crippen LogP contribution in [0.15, 0.2) is 89.9 Å². The van der Waals surface area contributed by atoms with Gasteiger partial charge in [0.15, 0.2) is 0 Å². The second-order valence-electron chi connectivity index (χ2n) is 6.75. The average molecular weight is 384 g/mol. The van der Waals surface area contributed by atoms with Crippen molar-refractivity contribution in [2.24, 2.45) is 4.99 Å². The van der Waals surface area contributed by atoms with E-state index in [1.165, 1.54) is 38.0 Å². The van der Waals surface area contributed by atoms with E-state index in [1.54, 1.807) is 0 Å². The molecule has 0 radical (unpaired) electrons. The predicted octanol–water partition coefficient (Wildman–Crippen LogP) is 4.55. The Hall–Kier alpha value is -2.41. The number of hydrogen-bond donors (Lipinski definition) is 0. The summed E-state index contributed by atoms with van der Waals surface area (Å²) in [7, 11) is 0. The van der Waals surface area contributed by atoms with Crippen LogP contribution in [0, 0.1) is 0 Å². The van der Waals surface area contributed by atoms with Crippen molar-refractivity contribution in [3.05, 3.63) is 113 Å². The molecule has 0 unspecified atom stereocenters. The molecule has 1 aliphatic carbocycles. The van der Waals surface area contributed by atoms with Gasteiger partial charge in [0.2, 0.25) is 0 Å². The van der Waals surface area contributed by atoms with E-state index >= 15 is 0 Å². The fourth-order valence-corrected chi connectivity index (χ4v) is 7.71. The van der Waals surface area contributed by atoms with Crippen molar-refractivity contribution in [1.29, 1.82) is 0 Å². The summed E-state index contributed by atoms with van der Waals surface area (Å²) in [6.45, 7) is 0. The Morgan fingerprint density at radius 3 is 2.00 bits per heavy atom. The molecule has 0 aromatic heterocycles. The van der Waals surface area contributed by atoms with E-state index in [2.05, 4.69) is 84.9 Å². The fraction of sp³-hybridized carbons (Fsp3) is 0.0870. The maximum absolute atomic E-state index is 5.22. The van der Waals surface area contributed by atoms with Gasteiger partial charge in [-0.15, -0.1) is 0 Å². The zero-order valence-corrected chi connectivity index (χ0v) is 15.2. The van der Waals surface area contributed by atoms with Crippen molar-refractivity contribution in [1.82, 2.24) is 0 Å². The number of aliphatic imine (C=N–C) groups is 1. The van der Waals surface area contributed by atoms with E-state index in [9.17, 15) is 0 Å². The van der Waals surface area contributed by atoms with Gasteiger partial charge in [0.1, 0.15) is 0 Å². The van der Waals surface area contributed by atoms with Crippen molar-refractivity contribution in [3.63, 3.8) is 0 Å². The molecule has 0 N–H and O–H groups in total. The molecule has 3 heterocycles. The molecule has 4 aliphatic rings. The third-order valence-electron chi connectivity index (χ3n) is 5.49. The minimum atomic E-state index is -0.0416. The van der Waals surface area contributed by atoms with Gasteiger partial charge in [-0.05, 0) is 0 Å². The van der Waals surface area contributed by atoms with Crippen LogP contribution in [0.3, 0.4) is 0 Å². The van der Waals surface area contributed by atoms with Crippen LogP contribution in [0.25, 0.3) is 4.47 Å². The number of nitrogens with zero attached hydrogens (tertiary/aromatic N) is 1. The van der Waals surface area contributed by atoms with Crippen molar-refractivity contribution >= 4 is 25.1 Å². The molecule has 118 valence electrons. The molecular formula is C23H15NSe. The Morgan fingerprint density at radius 2 is 1.32 bits per heavy atom. The fourth-order valence-electron chi connectivity index (χ4n) is 4.43. The van der Waals surface area contributed by atoms with Crippen molar-refractivity contribution in [2.45, 2.75) is 10.4 Å². The molecule has 3 aromatic carbocycles. The molecule has 0 atom stereocenters. The Bertz CT molecular complexity index is 1030. The summed E-state index contributed by atoms with van der Waals surface area (Å²) in [6, 6.07) is 28.9. The molecule has 0 saturated carbocycles.